The van der Waals surface area contributed by atoms with Crippen molar-refractivity contribution in [2.24, 2.45) is 24.1 Å². The van der Waals surface area contributed by atoms with Gasteiger partial charge in [0.25, 0.3) is 0 Å². The molecule has 0 atom stereocenters. The highest BCUT2D eigenvalue weighted by molar-refractivity contribution is 7.14. The molecule has 4 aromatic heterocycles. The monoisotopic (exact) mass is 444 g/mol. The van der Waals surface area contributed by atoms with Gasteiger partial charge in [-0.15, -0.1) is 0 Å². The summed E-state index contributed by atoms with van der Waals surface area (Å²) in [7, 11) is 3.90. The Morgan fingerprint density at radius 2 is 1.23 bits per heavy atom. The summed E-state index contributed by atoms with van der Waals surface area (Å²) in [4.78, 5) is 10.5. The van der Waals surface area contributed by atoms with Crippen molar-refractivity contribution in [1.29, 1.82) is 0 Å². The van der Waals surface area contributed by atoms with Gasteiger partial charge in [-0.05, 0) is 12.8 Å². The molecule has 0 radical (unpaired) electrons. The van der Waals surface area contributed by atoms with Crippen LogP contribution < -0.4 is 19.0 Å². The number of nitrogens with zero attached hydrogens (tertiary/aromatic N) is 6. The minimum Gasteiger partial charge on any atom is -0.856 e. The molecule has 0 aliphatic carbocycles. The normalized spacial score (nSPS) is 13.2. The molecule has 30 heavy (non-hydrogen) atoms. The number of hydrogen-bond donors (Lipinski definition) is 0. The Kier molecular flexibility index (Phi) is 5.61. The second-order valence-electron chi connectivity index (χ2n) is 7.18. The third-order valence-corrected chi connectivity index (χ3v) is 7.29. The lowest BCUT2D eigenvalue weighted by molar-refractivity contribution is -0.512. The quantitative estimate of drug-likeness (QED) is 0.177. The molecule has 0 saturated carbocycles. The largest absolute Gasteiger partial charge is 0.856 e. The fourth-order valence-corrected chi connectivity index (χ4v) is 5.30. The first kappa shape index (κ1) is 20.5. The summed E-state index contributed by atoms with van der Waals surface area (Å²) in [5.41, 5.74) is 3.05. The van der Waals surface area contributed by atoms with Crippen LogP contribution in [0.25, 0.3) is 9.92 Å². The second-order valence-corrected chi connectivity index (χ2v) is 8.92. The molecule has 10 heteroatoms. The lowest BCUT2D eigenvalue weighted by Crippen LogP contribution is -2.33. The van der Waals surface area contributed by atoms with E-state index in [1.54, 1.807) is 22.7 Å². The van der Waals surface area contributed by atoms with E-state index in [1.807, 2.05) is 69.0 Å². The summed E-state index contributed by atoms with van der Waals surface area (Å²) >= 11 is 3.18. The Bertz CT molecular complexity index is 1170. The number of rotatable bonds is 7. The Labute approximate surface area is 182 Å². The number of imidazole rings is 2. The summed E-state index contributed by atoms with van der Waals surface area (Å²) in [5, 5.41) is 29.1. The maximum Gasteiger partial charge on any atom is 0.346 e. The van der Waals surface area contributed by atoms with Crippen molar-refractivity contribution in [1.82, 2.24) is 9.13 Å². The van der Waals surface area contributed by atoms with Crippen LogP contribution in [0.1, 0.15) is 35.6 Å². The summed E-state index contributed by atoms with van der Waals surface area (Å²) in [5.74, 6) is -0.406. The standard InChI is InChI=1S/C20H24N6O2S2/c1-13-15(25-9-11-29-19(25)23(13)3)17(27)21-7-5-6-8-22-18(28)16-14(2)24(4)20-26(16)10-12-30-20/h9-12H,5-8H2,1-4H3. The molecule has 4 rings (SSSR count). The van der Waals surface area contributed by atoms with Crippen molar-refractivity contribution in [2.75, 3.05) is 13.1 Å². The summed E-state index contributed by atoms with van der Waals surface area (Å²) in [6, 6.07) is 0. The van der Waals surface area contributed by atoms with Crippen molar-refractivity contribution in [3.8, 4) is 0 Å². The van der Waals surface area contributed by atoms with Crippen LogP contribution >= 0.6 is 22.7 Å². The van der Waals surface area contributed by atoms with Gasteiger partial charge in [-0.2, -0.15) is 8.80 Å². The number of hydrogen-bond acceptors (Lipinski definition) is 6. The zero-order valence-corrected chi connectivity index (χ0v) is 19.1. The molecule has 0 amide bonds. The molecule has 0 fully saturated rings. The van der Waals surface area contributed by atoms with Crippen LogP contribution in [0.2, 0.25) is 0 Å². The van der Waals surface area contributed by atoms with Gasteiger partial charge in [0.2, 0.25) is 0 Å². The molecular weight excluding hydrogens is 420 g/mol. The first-order valence-corrected chi connectivity index (χ1v) is 11.5. The maximum atomic E-state index is 12.6. The summed E-state index contributed by atoms with van der Waals surface area (Å²) in [6.45, 7) is 4.72. The van der Waals surface area contributed by atoms with Crippen LogP contribution in [0.5, 0.6) is 0 Å². The van der Waals surface area contributed by atoms with Crippen LogP contribution in [0.4, 0.5) is 0 Å². The fourth-order valence-electron chi connectivity index (χ4n) is 3.57. The van der Waals surface area contributed by atoms with E-state index in [2.05, 4.69) is 9.98 Å². The smallest absolute Gasteiger partial charge is 0.346 e. The highest BCUT2D eigenvalue weighted by Gasteiger charge is 2.22. The Balaban J connectivity index is 1.37. The number of unbranched alkanes of at least 4 members (excludes halogenated alkanes) is 1. The number of aliphatic imine (C=N–C) groups is 2. The van der Waals surface area contributed by atoms with Crippen LogP contribution in [0.15, 0.2) is 33.1 Å². The minimum absolute atomic E-state index is 0.203. The van der Waals surface area contributed by atoms with Crippen LogP contribution in [0.3, 0.4) is 0 Å². The van der Waals surface area contributed by atoms with Crippen molar-refractivity contribution >= 4 is 44.4 Å². The fraction of sp³-hybridized carbons (Fsp3) is 0.400. The third kappa shape index (κ3) is 3.39. The van der Waals surface area contributed by atoms with Crippen molar-refractivity contribution in [2.45, 2.75) is 26.7 Å². The van der Waals surface area contributed by atoms with Gasteiger partial charge in [-0.1, -0.05) is 22.7 Å². The van der Waals surface area contributed by atoms with E-state index in [9.17, 15) is 10.2 Å². The Hall–Kier alpha value is -2.72. The number of aromatic nitrogens is 4. The van der Waals surface area contributed by atoms with E-state index in [0.29, 0.717) is 37.3 Å². The Morgan fingerprint density at radius 1 is 0.833 bits per heavy atom. The number of thiazole rings is 2. The highest BCUT2D eigenvalue weighted by atomic mass is 32.1. The predicted octanol–water partition coefficient (Wildman–Crippen LogP) is 0.275. The molecule has 0 N–H and O–H groups in total. The zero-order chi connectivity index (χ0) is 21.4. The first-order chi connectivity index (χ1) is 14.4. The molecule has 0 unspecified atom stereocenters. The molecule has 158 valence electrons. The lowest BCUT2D eigenvalue weighted by Gasteiger charge is -2.08. The number of fused-ring (bicyclic) bond motifs is 2. The van der Waals surface area contributed by atoms with Gasteiger partial charge in [-0.3, -0.25) is 9.98 Å². The van der Waals surface area contributed by atoms with Gasteiger partial charge >= 0.3 is 9.92 Å². The molecule has 0 aliphatic heterocycles. The molecule has 0 bridgehead atoms. The molecule has 8 nitrogen and oxygen atoms in total. The van der Waals surface area contributed by atoms with E-state index in [-0.39, 0.29) is 11.8 Å². The van der Waals surface area contributed by atoms with E-state index in [0.717, 1.165) is 21.3 Å². The molecule has 0 aliphatic rings. The van der Waals surface area contributed by atoms with E-state index < -0.39 is 0 Å². The average Bonchev–Trinajstić information content (AvgIpc) is 3.46. The maximum absolute atomic E-state index is 12.6. The topological polar surface area (TPSA) is 88.9 Å². The second kappa shape index (κ2) is 8.19. The van der Waals surface area contributed by atoms with Crippen LogP contribution in [-0.2, 0) is 14.1 Å². The molecule has 0 saturated heterocycles. The molecule has 0 spiro atoms. The Morgan fingerprint density at radius 3 is 1.63 bits per heavy atom. The molecule has 4 aromatic rings. The molecular formula is C20H24N6O2S2. The van der Waals surface area contributed by atoms with Crippen LogP contribution in [-0.4, -0.2) is 34.0 Å². The lowest BCUT2D eigenvalue weighted by atomic mass is 10.3. The van der Waals surface area contributed by atoms with Gasteiger partial charge in [0.15, 0.2) is 11.4 Å². The van der Waals surface area contributed by atoms with E-state index in [1.165, 1.54) is 0 Å². The van der Waals surface area contributed by atoms with Gasteiger partial charge in [0, 0.05) is 49.5 Å². The van der Waals surface area contributed by atoms with Gasteiger partial charge in [-0.25, -0.2) is 9.13 Å². The SMILES string of the molecule is Cc1c(C([O-])=NCCCCN=C([O-])c2c(C)n(C)c3scc[n+]23)[n+]2ccsc2n1C. The van der Waals surface area contributed by atoms with E-state index in [4.69, 9.17) is 0 Å². The van der Waals surface area contributed by atoms with Gasteiger partial charge < -0.3 is 10.2 Å². The first-order valence-electron chi connectivity index (χ1n) is 9.73. The minimum atomic E-state index is -0.203. The van der Waals surface area contributed by atoms with Crippen molar-refractivity contribution < 1.29 is 19.0 Å². The predicted molar refractivity (Wildman–Crippen MR) is 114 cm³/mol. The zero-order valence-electron chi connectivity index (χ0n) is 17.5. The number of aryl methyl sites for hydroxylation is 2. The third-order valence-electron chi connectivity index (χ3n) is 5.41. The van der Waals surface area contributed by atoms with Crippen molar-refractivity contribution in [3.63, 3.8) is 0 Å². The van der Waals surface area contributed by atoms with Crippen molar-refractivity contribution in [3.05, 3.63) is 45.9 Å². The van der Waals surface area contributed by atoms with Gasteiger partial charge in [0.05, 0.1) is 14.1 Å². The highest BCUT2D eigenvalue weighted by Crippen LogP contribution is 2.14. The average molecular weight is 445 g/mol. The summed E-state index contributed by atoms with van der Waals surface area (Å²) < 4.78 is 7.80. The van der Waals surface area contributed by atoms with Crippen LogP contribution in [0, 0.1) is 13.8 Å². The summed E-state index contributed by atoms with van der Waals surface area (Å²) in [6.07, 6.45) is 5.21. The van der Waals surface area contributed by atoms with E-state index >= 15 is 0 Å². The molecule has 4 heterocycles. The molecule has 0 aromatic carbocycles. The van der Waals surface area contributed by atoms with Gasteiger partial charge in [0.1, 0.15) is 23.8 Å².